The Bertz CT molecular complexity index is 647. The highest BCUT2D eigenvalue weighted by Gasteiger charge is 2.21. The second-order valence-electron chi connectivity index (χ2n) is 4.71. The molecular formula is C15H19N3O2. The topological polar surface area (TPSA) is 60.5 Å². The molecule has 0 saturated heterocycles. The van der Waals surface area contributed by atoms with E-state index in [0.717, 1.165) is 11.4 Å². The average molecular weight is 273 g/mol. The van der Waals surface area contributed by atoms with Gasteiger partial charge in [-0.15, -0.1) is 0 Å². The normalized spacial score (nSPS) is 10.4. The zero-order valence-electron chi connectivity index (χ0n) is 12.2. The van der Waals surface area contributed by atoms with Crippen LogP contribution in [0, 0.1) is 6.92 Å². The molecule has 2 N–H and O–H groups in total. The number of benzene rings is 1. The maximum absolute atomic E-state index is 12.6. The summed E-state index contributed by atoms with van der Waals surface area (Å²) in [5.41, 5.74) is 8.61. The Kier molecular flexibility index (Phi) is 3.70. The van der Waals surface area contributed by atoms with Crippen molar-refractivity contribution >= 4 is 17.3 Å². The van der Waals surface area contributed by atoms with E-state index in [4.69, 9.17) is 10.5 Å². The van der Waals surface area contributed by atoms with Crippen molar-refractivity contribution in [2.45, 2.75) is 6.92 Å². The molecule has 5 heteroatoms. The second-order valence-corrected chi connectivity index (χ2v) is 4.71. The number of rotatable bonds is 3. The van der Waals surface area contributed by atoms with Crippen molar-refractivity contribution in [3.05, 3.63) is 41.7 Å². The molecule has 20 heavy (non-hydrogen) atoms. The summed E-state index contributed by atoms with van der Waals surface area (Å²) in [5.74, 6) is 0.560. The minimum absolute atomic E-state index is 0.147. The standard InChI is InChI=1S/C15H19N3O2/c1-10-8-13(16)14(17(10)2)15(19)18(3)11-6-5-7-12(9-11)20-4/h5-9H,16H2,1-4H3. The van der Waals surface area contributed by atoms with Crippen LogP contribution in [0.25, 0.3) is 0 Å². The van der Waals surface area contributed by atoms with Gasteiger partial charge in [-0.3, -0.25) is 4.79 Å². The van der Waals surface area contributed by atoms with Crippen LogP contribution in [0.2, 0.25) is 0 Å². The third-order valence-electron chi connectivity index (χ3n) is 3.45. The van der Waals surface area contributed by atoms with Crippen molar-refractivity contribution in [1.29, 1.82) is 0 Å². The van der Waals surface area contributed by atoms with Crippen LogP contribution < -0.4 is 15.4 Å². The number of hydrogen-bond donors (Lipinski definition) is 1. The van der Waals surface area contributed by atoms with Crippen LogP contribution >= 0.6 is 0 Å². The fraction of sp³-hybridized carbons (Fsp3) is 0.267. The quantitative estimate of drug-likeness (QED) is 0.932. The molecule has 2 rings (SSSR count). The molecule has 5 nitrogen and oxygen atoms in total. The molecule has 1 amide bonds. The minimum Gasteiger partial charge on any atom is -0.497 e. The molecule has 0 radical (unpaired) electrons. The lowest BCUT2D eigenvalue weighted by Gasteiger charge is -2.19. The largest absolute Gasteiger partial charge is 0.497 e. The number of anilines is 2. The van der Waals surface area contributed by atoms with E-state index in [1.807, 2.05) is 38.2 Å². The van der Waals surface area contributed by atoms with Gasteiger partial charge in [-0.05, 0) is 25.1 Å². The fourth-order valence-corrected chi connectivity index (χ4v) is 2.12. The predicted octanol–water partition coefficient (Wildman–Crippen LogP) is 2.20. The Hall–Kier alpha value is -2.43. The van der Waals surface area contributed by atoms with Crippen molar-refractivity contribution in [2.75, 3.05) is 24.8 Å². The molecule has 0 aliphatic heterocycles. The van der Waals surface area contributed by atoms with Gasteiger partial charge in [0.2, 0.25) is 0 Å². The molecule has 1 aromatic carbocycles. The summed E-state index contributed by atoms with van der Waals surface area (Å²) in [4.78, 5) is 14.1. The zero-order chi connectivity index (χ0) is 14.9. The molecule has 0 spiro atoms. The minimum atomic E-state index is -0.147. The van der Waals surface area contributed by atoms with E-state index in [1.54, 1.807) is 29.7 Å². The molecule has 0 unspecified atom stereocenters. The number of aromatic nitrogens is 1. The van der Waals surface area contributed by atoms with Crippen LogP contribution in [-0.2, 0) is 7.05 Å². The first-order chi connectivity index (χ1) is 9.45. The Morgan fingerprint density at radius 2 is 2.05 bits per heavy atom. The summed E-state index contributed by atoms with van der Waals surface area (Å²) in [6, 6.07) is 9.14. The Balaban J connectivity index is 2.37. The van der Waals surface area contributed by atoms with Crippen LogP contribution in [0.1, 0.15) is 16.2 Å². The maximum Gasteiger partial charge on any atom is 0.276 e. The van der Waals surface area contributed by atoms with Gasteiger partial charge >= 0.3 is 0 Å². The smallest absolute Gasteiger partial charge is 0.276 e. The van der Waals surface area contributed by atoms with Crippen LogP contribution in [0.4, 0.5) is 11.4 Å². The highest BCUT2D eigenvalue weighted by molar-refractivity contribution is 6.08. The monoisotopic (exact) mass is 273 g/mol. The number of amides is 1. The van der Waals surface area contributed by atoms with Gasteiger partial charge in [0.15, 0.2) is 0 Å². The summed E-state index contributed by atoms with van der Waals surface area (Å²) < 4.78 is 6.97. The molecule has 0 saturated carbocycles. The van der Waals surface area contributed by atoms with Crippen molar-refractivity contribution in [3.8, 4) is 5.75 Å². The summed E-state index contributed by atoms with van der Waals surface area (Å²) >= 11 is 0. The van der Waals surface area contributed by atoms with Crippen LogP contribution in [0.15, 0.2) is 30.3 Å². The van der Waals surface area contributed by atoms with E-state index >= 15 is 0 Å². The van der Waals surface area contributed by atoms with Crippen LogP contribution in [-0.4, -0.2) is 24.6 Å². The first-order valence-electron chi connectivity index (χ1n) is 6.29. The Morgan fingerprint density at radius 1 is 1.35 bits per heavy atom. The number of nitrogens with two attached hydrogens (primary N) is 1. The fourth-order valence-electron chi connectivity index (χ4n) is 2.12. The van der Waals surface area contributed by atoms with E-state index < -0.39 is 0 Å². The molecule has 0 aliphatic carbocycles. The Morgan fingerprint density at radius 3 is 2.60 bits per heavy atom. The van der Waals surface area contributed by atoms with Crippen molar-refractivity contribution in [1.82, 2.24) is 4.57 Å². The number of hydrogen-bond acceptors (Lipinski definition) is 3. The van der Waals surface area contributed by atoms with Crippen molar-refractivity contribution < 1.29 is 9.53 Å². The van der Waals surface area contributed by atoms with E-state index in [1.165, 1.54) is 0 Å². The third-order valence-corrected chi connectivity index (χ3v) is 3.45. The number of carbonyl (C=O) groups excluding carboxylic acids is 1. The van der Waals surface area contributed by atoms with E-state index in [9.17, 15) is 4.79 Å². The van der Waals surface area contributed by atoms with Gasteiger partial charge in [0.25, 0.3) is 5.91 Å². The lowest BCUT2D eigenvalue weighted by molar-refractivity contribution is 0.0986. The number of carbonyl (C=O) groups is 1. The van der Waals surface area contributed by atoms with Gasteiger partial charge < -0.3 is 19.9 Å². The summed E-state index contributed by atoms with van der Waals surface area (Å²) in [6.07, 6.45) is 0. The van der Waals surface area contributed by atoms with Crippen LogP contribution in [0.3, 0.4) is 0 Å². The van der Waals surface area contributed by atoms with Gasteiger partial charge in [-0.2, -0.15) is 0 Å². The lowest BCUT2D eigenvalue weighted by atomic mass is 10.2. The summed E-state index contributed by atoms with van der Waals surface area (Å²) in [5, 5.41) is 0. The third kappa shape index (κ3) is 2.34. The molecule has 0 aliphatic rings. The second kappa shape index (κ2) is 5.28. The van der Waals surface area contributed by atoms with Gasteiger partial charge in [0.05, 0.1) is 12.8 Å². The van der Waals surface area contributed by atoms with Crippen LogP contribution in [0.5, 0.6) is 5.75 Å². The molecule has 106 valence electrons. The van der Waals surface area contributed by atoms with E-state index in [2.05, 4.69) is 0 Å². The molecule has 0 fully saturated rings. The number of nitrogens with zero attached hydrogens (tertiary/aromatic N) is 2. The maximum atomic E-state index is 12.6. The summed E-state index contributed by atoms with van der Waals surface area (Å²) in [7, 11) is 5.15. The van der Waals surface area contributed by atoms with Gasteiger partial charge in [0, 0.05) is 31.5 Å². The van der Waals surface area contributed by atoms with Gasteiger partial charge in [-0.25, -0.2) is 0 Å². The first-order valence-corrected chi connectivity index (χ1v) is 6.29. The highest BCUT2D eigenvalue weighted by Crippen LogP contribution is 2.24. The molecule has 0 atom stereocenters. The number of aryl methyl sites for hydroxylation is 1. The molecule has 2 aromatic rings. The number of methoxy groups -OCH3 is 1. The van der Waals surface area contributed by atoms with Gasteiger partial charge in [0.1, 0.15) is 11.4 Å². The highest BCUT2D eigenvalue weighted by atomic mass is 16.5. The van der Waals surface area contributed by atoms with E-state index in [0.29, 0.717) is 17.1 Å². The SMILES string of the molecule is COc1cccc(N(C)C(=O)c2c(N)cc(C)n2C)c1. The number of nitrogen functional groups attached to an aromatic ring is 1. The molecule has 0 bridgehead atoms. The Labute approximate surface area is 118 Å². The van der Waals surface area contributed by atoms with Crippen molar-refractivity contribution in [3.63, 3.8) is 0 Å². The molecule has 1 aromatic heterocycles. The molecular weight excluding hydrogens is 254 g/mol. The van der Waals surface area contributed by atoms with Crippen molar-refractivity contribution in [2.24, 2.45) is 7.05 Å². The first kappa shape index (κ1) is 14.0. The van der Waals surface area contributed by atoms with E-state index in [-0.39, 0.29) is 5.91 Å². The lowest BCUT2D eigenvalue weighted by Crippen LogP contribution is -2.28. The average Bonchev–Trinajstić information content (AvgIpc) is 2.70. The number of ether oxygens (including phenoxy) is 1. The molecule has 1 heterocycles. The van der Waals surface area contributed by atoms with Gasteiger partial charge in [-0.1, -0.05) is 6.07 Å². The zero-order valence-corrected chi connectivity index (χ0v) is 12.2. The summed E-state index contributed by atoms with van der Waals surface area (Å²) in [6.45, 7) is 1.92. The predicted molar refractivity (Wildman–Crippen MR) is 80.3 cm³/mol.